The van der Waals surface area contributed by atoms with Gasteiger partial charge in [0.15, 0.2) is 0 Å². The molecule has 2 aromatic carbocycles. The van der Waals surface area contributed by atoms with Crippen molar-refractivity contribution in [3.63, 3.8) is 0 Å². The second kappa shape index (κ2) is 8.83. The molecule has 1 aliphatic heterocycles. The summed E-state index contributed by atoms with van der Waals surface area (Å²) in [6.07, 6.45) is 0. The molecule has 2 atom stereocenters. The van der Waals surface area contributed by atoms with Crippen LogP contribution >= 0.6 is 0 Å². The molecule has 0 radical (unpaired) electrons. The van der Waals surface area contributed by atoms with Crippen LogP contribution in [-0.4, -0.2) is 50.3 Å². The molecule has 0 unspecified atom stereocenters. The molecule has 5 nitrogen and oxygen atoms in total. The number of methoxy groups -OCH3 is 1. The molecule has 0 aromatic heterocycles. The van der Waals surface area contributed by atoms with E-state index >= 15 is 0 Å². The number of rotatable bonds is 6. The van der Waals surface area contributed by atoms with Gasteiger partial charge in [-0.25, -0.2) is 0 Å². The minimum atomic E-state index is -0.0747. The fourth-order valence-corrected chi connectivity index (χ4v) is 3.43. The Morgan fingerprint density at radius 1 is 1.08 bits per heavy atom. The third-order valence-electron chi connectivity index (χ3n) is 4.76. The first kappa shape index (κ1) is 18.4. The van der Waals surface area contributed by atoms with Crippen molar-refractivity contribution in [3.05, 3.63) is 65.7 Å². The van der Waals surface area contributed by atoms with E-state index in [1.165, 1.54) is 5.56 Å². The van der Waals surface area contributed by atoms with E-state index in [4.69, 9.17) is 9.47 Å². The molecule has 0 aliphatic carbocycles. The zero-order valence-corrected chi connectivity index (χ0v) is 15.4. The van der Waals surface area contributed by atoms with Crippen LogP contribution < -0.4 is 10.1 Å². The van der Waals surface area contributed by atoms with Crippen LogP contribution in [-0.2, 0) is 4.74 Å². The number of hydrogen-bond acceptors (Lipinski definition) is 4. The number of carbonyl (C=O) groups is 1. The van der Waals surface area contributed by atoms with Gasteiger partial charge in [0.05, 0.1) is 26.4 Å². The number of morpholine rings is 1. The van der Waals surface area contributed by atoms with E-state index in [9.17, 15) is 4.79 Å². The average molecular weight is 354 g/mol. The van der Waals surface area contributed by atoms with Gasteiger partial charge in [0.2, 0.25) is 0 Å². The topological polar surface area (TPSA) is 50.8 Å². The number of hydrogen-bond donors (Lipinski definition) is 1. The Morgan fingerprint density at radius 2 is 1.73 bits per heavy atom. The van der Waals surface area contributed by atoms with Crippen LogP contribution in [0.2, 0.25) is 0 Å². The summed E-state index contributed by atoms with van der Waals surface area (Å²) in [6, 6.07) is 17.6. The number of benzene rings is 2. The predicted octanol–water partition coefficient (Wildman–Crippen LogP) is 2.89. The number of nitrogens with one attached hydrogen (secondary N) is 1. The van der Waals surface area contributed by atoms with Gasteiger partial charge in [-0.15, -0.1) is 0 Å². The second-order valence-electron chi connectivity index (χ2n) is 6.49. The quantitative estimate of drug-likeness (QED) is 0.867. The van der Waals surface area contributed by atoms with E-state index in [1.807, 2.05) is 18.2 Å². The normalized spacial score (nSPS) is 17.3. The summed E-state index contributed by atoms with van der Waals surface area (Å²) in [5.41, 5.74) is 1.84. The first-order chi connectivity index (χ1) is 12.7. The molecule has 1 amide bonds. The third-order valence-corrected chi connectivity index (χ3v) is 4.76. The summed E-state index contributed by atoms with van der Waals surface area (Å²) < 4.78 is 10.7. The molecular formula is C21H26N2O3. The molecule has 138 valence electrons. The van der Waals surface area contributed by atoms with Gasteiger partial charge in [-0.3, -0.25) is 9.69 Å². The molecule has 0 spiro atoms. The molecule has 1 heterocycles. The molecular weight excluding hydrogens is 328 g/mol. The average Bonchev–Trinajstić information content (AvgIpc) is 2.70. The molecule has 26 heavy (non-hydrogen) atoms. The minimum Gasteiger partial charge on any atom is -0.497 e. The Labute approximate surface area is 154 Å². The Kier molecular flexibility index (Phi) is 6.26. The van der Waals surface area contributed by atoms with Crippen molar-refractivity contribution in [2.75, 3.05) is 33.4 Å². The van der Waals surface area contributed by atoms with Gasteiger partial charge < -0.3 is 14.8 Å². The van der Waals surface area contributed by atoms with E-state index in [0.29, 0.717) is 5.56 Å². The van der Waals surface area contributed by atoms with Gasteiger partial charge in [-0.05, 0) is 36.8 Å². The van der Waals surface area contributed by atoms with Crippen LogP contribution in [0.3, 0.4) is 0 Å². The lowest BCUT2D eigenvalue weighted by Crippen LogP contribution is -2.48. The van der Waals surface area contributed by atoms with Crippen molar-refractivity contribution < 1.29 is 14.3 Å². The van der Waals surface area contributed by atoms with Gasteiger partial charge in [-0.1, -0.05) is 30.3 Å². The van der Waals surface area contributed by atoms with Crippen molar-refractivity contribution >= 4 is 5.91 Å². The molecule has 3 rings (SSSR count). The standard InChI is InChI=1S/C21H26N2O3/c1-16(22-21(24)18-8-10-19(25-2)11-9-18)20(17-6-4-3-5-7-17)23-12-14-26-15-13-23/h3-11,16,20H,12-15H2,1-2H3,(H,22,24)/t16-,20+/m0/s1. The first-order valence-electron chi connectivity index (χ1n) is 9.00. The zero-order valence-electron chi connectivity index (χ0n) is 15.4. The summed E-state index contributed by atoms with van der Waals surface area (Å²) in [7, 11) is 1.62. The van der Waals surface area contributed by atoms with Crippen molar-refractivity contribution in [1.82, 2.24) is 10.2 Å². The fourth-order valence-electron chi connectivity index (χ4n) is 3.43. The Bertz CT molecular complexity index is 697. The highest BCUT2D eigenvalue weighted by atomic mass is 16.5. The maximum atomic E-state index is 12.7. The van der Waals surface area contributed by atoms with E-state index < -0.39 is 0 Å². The van der Waals surface area contributed by atoms with Gasteiger partial charge in [-0.2, -0.15) is 0 Å². The van der Waals surface area contributed by atoms with E-state index in [-0.39, 0.29) is 18.0 Å². The second-order valence-corrected chi connectivity index (χ2v) is 6.49. The zero-order chi connectivity index (χ0) is 18.4. The summed E-state index contributed by atoms with van der Waals surface area (Å²) >= 11 is 0. The Morgan fingerprint density at radius 3 is 2.35 bits per heavy atom. The van der Waals surface area contributed by atoms with Crippen molar-refractivity contribution in [2.24, 2.45) is 0 Å². The summed E-state index contributed by atoms with van der Waals surface area (Å²) in [4.78, 5) is 15.1. The van der Waals surface area contributed by atoms with Crippen LogP contribution in [0.5, 0.6) is 5.75 Å². The van der Waals surface area contributed by atoms with Crippen molar-refractivity contribution in [2.45, 2.75) is 19.0 Å². The fraction of sp³-hybridized carbons (Fsp3) is 0.381. The maximum absolute atomic E-state index is 12.7. The Balaban J connectivity index is 1.75. The minimum absolute atomic E-state index is 0.0369. The Hall–Kier alpha value is -2.37. The van der Waals surface area contributed by atoms with E-state index in [1.54, 1.807) is 31.4 Å². The lowest BCUT2D eigenvalue weighted by molar-refractivity contribution is 0.00888. The molecule has 1 N–H and O–H groups in total. The molecule has 1 fully saturated rings. The molecule has 0 saturated carbocycles. The number of carbonyl (C=O) groups excluding carboxylic acids is 1. The smallest absolute Gasteiger partial charge is 0.251 e. The maximum Gasteiger partial charge on any atom is 0.251 e. The van der Waals surface area contributed by atoms with Gasteiger partial charge in [0, 0.05) is 24.7 Å². The number of amides is 1. The third kappa shape index (κ3) is 4.42. The monoisotopic (exact) mass is 354 g/mol. The van der Waals surface area contributed by atoms with Crippen LogP contribution in [0.25, 0.3) is 0 Å². The number of ether oxygens (including phenoxy) is 2. The molecule has 1 aliphatic rings. The van der Waals surface area contributed by atoms with Crippen molar-refractivity contribution in [1.29, 1.82) is 0 Å². The van der Waals surface area contributed by atoms with Crippen LogP contribution in [0, 0.1) is 0 Å². The van der Waals surface area contributed by atoms with Gasteiger partial charge in [0.25, 0.3) is 5.91 Å². The largest absolute Gasteiger partial charge is 0.497 e. The van der Waals surface area contributed by atoms with E-state index in [2.05, 4.69) is 29.3 Å². The molecule has 2 aromatic rings. The first-order valence-corrected chi connectivity index (χ1v) is 9.00. The molecule has 0 bridgehead atoms. The molecule has 1 saturated heterocycles. The van der Waals surface area contributed by atoms with E-state index in [0.717, 1.165) is 32.1 Å². The molecule has 5 heteroatoms. The van der Waals surface area contributed by atoms with Gasteiger partial charge >= 0.3 is 0 Å². The predicted molar refractivity (Wildman–Crippen MR) is 101 cm³/mol. The number of nitrogens with zero attached hydrogens (tertiary/aromatic N) is 1. The highest BCUT2D eigenvalue weighted by Crippen LogP contribution is 2.25. The summed E-state index contributed by atoms with van der Waals surface area (Å²) in [5.74, 6) is 0.666. The lowest BCUT2D eigenvalue weighted by Gasteiger charge is -2.38. The highest BCUT2D eigenvalue weighted by Gasteiger charge is 2.28. The summed E-state index contributed by atoms with van der Waals surface area (Å²) in [6.45, 7) is 5.24. The SMILES string of the molecule is COc1ccc(C(=O)N[C@@H](C)[C@H](c2ccccc2)N2CCOCC2)cc1. The highest BCUT2D eigenvalue weighted by molar-refractivity contribution is 5.94. The van der Waals surface area contributed by atoms with Gasteiger partial charge in [0.1, 0.15) is 5.75 Å². The van der Waals surface area contributed by atoms with Crippen LogP contribution in [0.4, 0.5) is 0 Å². The van der Waals surface area contributed by atoms with Crippen LogP contribution in [0.15, 0.2) is 54.6 Å². The van der Waals surface area contributed by atoms with Crippen molar-refractivity contribution in [3.8, 4) is 5.75 Å². The summed E-state index contributed by atoms with van der Waals surface area (Å²) in [5, 5.41) is 3.17. The van der Waals surface area contributed by atoms with Crippen LogP contribution in [0.1, 0.15) is 28.9 Å². The lowest BCUT2D eigenvalue weighted by atomic mass is 9.97.